The Morgan fingerprint density at radius 1 is 0.821 bits per heavy atom. The van der Waals surface area contributed by atoms with E-state index in [0.717, 1.165) is 25.7 Å². The average Bonchev–Trinajstić information content (AvgIpc) is 3.02. The SMILES string of the molecule is CC(CC1=C(CC(C)c2ccccc2)C(CC(C)(C)N)=CC1)c1ccccc1. The molecule has 2 atom stereocenters. The molecule has 0 aliphatic heterocycles. The maximum Gasteiger partial charge on any atom is 0.0138 e. The van der Waals surface area contributed by atoms with E-state index in [0.29, 0.717) is 11.8 Å². The minimum atomic E-state index is -0.173. The van der Waals surface area contributed by atoms with Gasteiger partial charge in [-0.15, -0.1) is 0 Å². The van der Waals surface area contributed by atoms with Gasteiger partial charge in [-0.1, -0.05) is 86.2 Å². The van der Waals surface area contributed by atoms with Crippen molar-refractivity contribution in [2.24, 2.45) is 5.73 Å². The van der Waals surface area contributed by atoms with Crippen molar-refractivity contribution >= 4 is 0 Å². The van der Waals surface area contributed by atoms with Gasteiger partial charge in [0.1, 0.15) is 0 Å². The molecular formula is C27H35N. The molecule has 2 aromatic rings. The summed E-state index contributed by atoms with van der Waals surface area (Å²) in [4.78, 5) is 0. The van der Waals surface area contributed by atoms with Gasteiger partial charge in [-0.05, 0) is 73.6 Å². The van der Waals surface area contributed by atoms with Gasteiger partial charge in [-0.25, -0.2) is 0 Å². The Hall–Kier alpha value is -2.12. The normalized spacial score (nSPS) is 16.8. The lowest BCUT2D eigenvalue weighted by Crippen LogP contribution is -2.32. The Labute approximate surface area is 171 Å². The maximum absolute atomic E-state index is 6.39. The van der Waals surface area contributed by atoms with Crippen LogP contribution in [0.5, 0.6) is 0 Å². The van der Waals surface area contributed by atoms with E-state index in [2.05, 4.69) is 94.4 Å². The molecule has 1 aliphatic carbocycles. The van der Waals surface area contributed by atoms with Gasteiger partial charge in [0.25, 0.3) is 0 Å². The lowest BCUT2D eigenvalue weighted by molar-refractivity contribution is 0.514. The molecule has 3 rings (SSSR count). The highest BCUT2D eigenvalue weighted by molar-refractivity contribution is 5.45. The molecule has 0 radical (unpaired) electrons. The third-order valence-electron chi connectivity index (χ3n) is 5.86. The van der Waals surface area contributed by atoms with Crippen LogP contribution >= 0.6 is 0 Å². The number of benzene rings is 2. The Bertz CT molecular complexity index is 822. The molecule has 0 aromatic heterocycles. The molecule has 148 valence electrons. The summed E-state index contributed by atoms with van der Waals surface area (Å²) in [5.41, 5.74) is 13.7. The molecule has 0 heterocycles. The largest absolute Gasteiger partial charge is 0.325 e. The second kappa shape index (κ2) is 8.92. The van der Waals surface area contributed by atoms with Crippen LogP contribution in [0.25, 0.3) is 0 Å². The first kappa shape index (κ1) is 20.6. The summed E-state index contributed by atoms with van der Waals surface area (Å²) >= 11 is 0. The van der Waals surface area contributed by atoms with Crippen LogP contribution in [-0.4, -0.2) is 5.54 Å². The molecule has 2 aromatic carbocycles. The standard InChI is InChI=1S/C27H35N/c1-20(22-11-7-5-8-12-22)17-24-15-16-25(19-27(3,4)28)26(24)18-21(2)23-13-9-6-10-14-23/h5-14,16,20-21H,15,17-19,28H2,1-4H3. The third kappa shape index (κ3) is 5.45. The van der Waals surface area contributed by atoms with Crippen LogP contribution < -0.4 is 5.73 Å². The fourth-order valence-electron chi connectivity index (χ4n) is 4.35. The third-order valence-corrected chi connectivity index (χ3v) is 5.86. The number of rotatable bonds is 8. The number of nitrogens with two attached hydrogens (primary N) is 1. The van der Waals surface area contributed by atoms with E-state index >= 15 is 0 Å². The second-order valence-electron chi connectivity index (χ2n) is 9.21. The predicted molar refractivity (Wildman–Crippen MR) is 122 cm³/mol. The zero-order valence-corrected chi connectivity index (χ0v) is 17.9. The van der Waals surface area contributed by atoms with E-state index in [4.69, 9.17) is 5.73 Å². The van der Waals surface area contributed by atoms with E-state index in [9.17, 15) is 0 Å². The highest BCUT2D eigenvalue weighted by Gasteiger charge is 2.25. The van der Waals surface area contributed by atoms with Crippen LogP contribution in [0.2, 0.25) is 0 Å². The van der Waals surface area contributed by atoms with E-state index < -0.39 is 0 Å². The fourth-order valence-corrected chi connectivity index (χ4v) is 4.35. The van der Waals surface area contributed by atoms with Crippen molar-refractivity contribution < 1.29 is 0 Å². The summed E-state index contributed by atoms with van der Waals surface area (Å²) in [6.07, 6.45) is 6.70. The fraction of sp³-hybridized carbons (Fsp3) is 0.407. The molecule has 1 heteroatoms. The summed E-state index contributed by atoms with van der Waals surface area (Å²) in [6, 6.07) is 21.8. The lowest BCUT2D eigenvalue weighted by Gasteiger charge is -2.24. The van der Waals surface area contributed by atoms with E-state index in [1.165, 1.54) is 16.7 Å². The van der Waals surface area contributed by atoms with Gasteiger partial charge in [0.05, 0.1) is 0 Å². The second-order valence-corrected chi connectivity index (χ2v) is 9.21. The van der Waals surface area contributed by atoms with Gasteiger partial charge < -0.3 is 5.73 Å². The molecule has 2 unspecified atom stereocenters. The quantitative estimate of drug-likeness (QED) is 0.523. The zero-order chi connectivity index (χ0) is 20.1. The first-order chi connectivity index (χ1) is 13.3. The highest BCUT2D eigenvalue weighted by Crippen LogP contribution is 2.41. The lowest BCUT2D eigenvalue weighted by atomic mass is 9.83. The minimum absolute atomic E-state index is 0.173. The summed E-state index contributed by atoms with van der Waals surface area (Å²) in [6.45, 7) is 8.98. The maximum atomic E-state index is 6.39. The Morgan fingerprint density at radius 3 is 1.82 bits per heavy atom. The van der Waals surface area contributed by atoms with Gasteiger partial charge >= 0.3 is 0 Å². The molecule has 0 saturated carbocycles. The molecule has 1 aliphatic rings. The van der Waals surface area contributed by atoms with Crippen LogP contribution in [0, 0.1) is 0 Å². The first-order valence-corrected chi connectivity index (χ1v) is 10.6. The Kier molecular flexibility index (Phi) is 6.57. The summed E-state index contributed by atoms with van der Waals surface area (Å²) in [7, 11) is 0. The van der Waals surface area contributed by atoms with Crippen molar-refractivity contribution in [2.45, 2.75) is 70.8 Å². The molecular weight excluding hydrogens is 338 g/mol. The van der Waals surface area contributed by atoms with E-state index in [-0.39, 0.29) is 5.54 Å². The number of hydrogen-bond acceptors (Lipinski definition) is 1. The van der Waals surface area contributed by atoms with Crippen molar-refractivity contribution in [1.29, 1.82) is 0 Å². The topological polar surface area (TPSA) is 26.0 Å². The van der Waals surface area contributed by atoms with Gasteiger partial charge in [0.15, 0.2) is 0 Å². The number of hydrogen-bond donors (Lipinski definition) is 1. The summed E-state index contributed by atoms with van der Waals surface area (Å²) in [5.74, 6) is 1.05. The van der Waals surface area contributed by atoms with Crippen molar-refractivity contribution in [3.63, 3.8) is 0 Å². The molecule has 0 spiro atoms. The summed E-state index contributed by atoms with van der Waals surface area (Å²) in [5, 5.41) is 0. The van der Waals surface area contributed by atoms with Gasteiger partial charge in [0, 0.05) is 5.54 Å². The van der Waals surface area contributed by atoms with Crippen LogP contribution in [0.4, 0.5) is 0 Å². The van der Waals surface area contributed by atoms with E-state index in [1.54, 1.807) is 11.1 Å². The molecule has 2 N–H and O–H groups in total. The predicted octanol–water partition coefficient (Wildman–Crippen LogP) is 7.13. The number of allylic oxidation sites excluding steroid dienone is 3. The Balaban J connectivity index is 1.84. The van der Waals surface area contributed by atoms with Crippen LogP contribution in [-0.2, 0) is 0 Å². The molecule has 0 bridgehead atoms. The van der Waals surface area contributed by atoms with Crippen molar-refractivity contribution in [1.82, 2.24) is 0 Å². The van der Waals surface area contributed by atoms with Crippen LogP contribution in [0.15, 0.2) is 83.5 Å². The van der Waals surface area contributed by atoms with Gasteiger partial charge in [-0.2, -0.15) is 0 Å². The van der Waals surface area contributed by atoms with Gasteiger partial charge in [0.2, 0.25) is 0 Å². The van der Waals surface area contributed by atoms with Crippen LogP contribution in [0.3, 0.4) is 0 Å². The molecule has 0 saturated heterocycles. The smallest absolute Gasteiger partial charge is 0.0138 e. The monoisotopic (exact) mass is 373 g/mol. The average molecular weight is 374 g/mol. The van der Waals surface area contributed by atoms with Crippen molar-refractivity contribution in [3.05, 3.63) is 94.6 Å². The highest BCUT2D eigenvalue weighted by atomic mass is 14.7. The van der Waals surface area contributed by atoms with Crippen LogP contribution in [0.1, 0.15) is 76.3 Å². The zero-order valence-electron chi connectivity index (χ0n) is 17.9. The van der Waals surface area contributed by atoms with E-state index in [1.807, 2.05) is 0 Å². The molecule has 28 heavy (non-hydrogen) atoms. The molecule has 1 nitrogen and oxygen atoms in total. The van der Waals surface area contributed by atoms with Gasteiger partial charge in [-0.3, -0.25) is 0 Å². The minimum Gasteiger partial charge on any atom is -0.325 e. The first-order valence-electron chi connectivity index (χ1n) is 10.6. The summed E-state index contributed by atoms with van der Waals surface area (Å²) < 4.78 is 0. The van der Waals surface area contributed by atoms with Crippen molar-refractivity contribution in [2.75, 3.05) is 0 Å². The molecule has 0 fully saturated rings. The molecule has 0 amide bonds. The van der Waals surface area contributed by atoms with Crippen molar-refractivity contribution in [3.8, 4) is 0 Å². The Morgan fingerprint density at radius 2 is 1.32 bits per heavy atom.